The predicted molar refractivity (Wildman–Crippen MR) is 106 cm³/mol. The van der Waals surface area contributed by atoms with E-state index < -0.39 is 10.0 Å². The van der Waals surface area contributed by atoms with Gasteiger partial charge in [-0.15, -0.1) is 0 Å². The predicted octanol–water partition coefficient (Wildman–Crippen LogP) is 1.98. The van der Waals surface area contributed by atoms with Crippen LogP contribution in [-0.2, 0) is 16.6 Å². The Kier molecular flexibility index (Phi) is 5.83. The van der Waals surface area contributed by atoms with Gasteiger partial charge in [0.2, 0.25) is 21.9 Å². The summed E-state index contributed by atoms with van der Waals surface area (Å²) in [6.45, 7) is 3.57. The molecule has 3 rings (SSSR count). The Morgan fingerprint density at radius 3 is 2.52 bits per heavy atom. The smallest absolute Gasteiger partial charge is 0.241 e. The lowest BCUT2D eigenvalue weighted by Crippen LogP contribution is -2.27. The molecule has 0 saturated carbocycles. The maximum absolute atomic E-state index is 12.6. The summed E-state index contributed by atoms with van der Waals surface area (Å²) >= 11 is 6.05. The van der Waals surface area contributed by atoms with Gasteiger partial charge in [0, 0.05) is 32.2 Å². The minimum atomic E-state index is -3.72. The Bertz CT molecular complexity index is 929. The zero-order valence-electron chi connectivity index (χ0n) is 15.6. The van der Waals surface area contributed by atoms with Gasteiger partial charge in [-0.1, -0.05) is 17.7 Å². The molecule has 0 spiro atoms. The number of aromatic nitrogens is 3. The molecule has 1 aliphatic heterocycles. The maximum atomic E-state index is 12.6. The number of benzene rings is 1. The molecule has 146 valence electrons. The minimum Gasteiger partial charge on any atom is -0.347 e. The van der Waals surface area contributed by atoms with Crippen molar-refractivity contribution in [3.8, 4) is 0 Å². The van der Waals surface area contributed by atoms with Crippen molar-refractivity contribution in [3.05, 3.63) is 34.6 Å². The molecule has 1 saturated heterocycles. The monoisotopic (exact) mass is 410 g/mol. The van der Waals surface area contributed by atoms with Gasteiger partial charge in [0.05, 0.1) is 11.4 Å². The van der Waals surface area contributed by atoms with E-state index in [0.717, 1.165) is 31.5 Å². The molecule has 0 bridgehead atoms. The summed E-state index contributed by atoms with van der Waals surface area (Å²) < 4.78 is 27.7. The van der Waals surface area contributed by atoms with Crippen molar-refractivity contribution >= 4 is 33.5 Å². The van der Waals surface area contributed by atoms with Gasteiger partial charge in [-0.25, -0.2) is 13.1 Å². The second-order valence-corrected chi connectivity index (χ2v) is 8.85. The molecule has 1 aromatic heterocycles. The van der Waals surface area contributed by atoms with E-state index in [0.29, 0.717) is 22.7 Å². The molecule has 0 atom stereocenters. The fourth-order valence-corrected chi connectivity index (χ4v) is 3.97. The lowest BCUT2D eigenvalue weighted by molar-refractivity contribution is 0.579. The van der Waals surface area contributed by atoms with E-state index in [-0.39, 0.29) is 11.4 Å². The quantitative estimate of drug-likeness (QED) is 0.778. The molecule has 0 unspecified atom stereocenters. The topological polar surface area (TPSA) is 91.3 Å². The van der Waals surface area contributed by atoms with Crippen LogP contribution in [0.25, 0.3) is 0 Å². The SMILES string of the molecule is Cc1ccc(S(=O)(=O)NCc2nc(N(C)C)nc(N3CCCC3)n2)cc1Cl. The lowest BCUT2D eigenvalue weighted by atomic mass is 10.2. The highest BCUT2D eigenvalue weighted by molar-refractivity contribution is 7.89. The number of aryl methyl sites for hydroxylation is 1. The molecule has 0 radical (unpaired) electrons. The molecule has 1 aromatic carbocycles. The summed E-state index contributed by atoms with van der Waals surface area (Å²) in [5.41, 5.74) is 0.818. The number of sulfonamides is 1. The maximum Gasteiger partial charge on any atom is 0.241 e. The van der Waals surface area contributed by atoms with Crippen LogP contribution in [0.3, 0.4) is 0 Å². The number of halogens is 1. The van der Waals surface area contributed by atoms with E-state index in [1.165, 1.54) is 12.1 Å². The third kappa shape index (κ3) is 4.66. The standard InChI is InChI=1S/C17H23ClN6O2S/c1-12-6-7-13(10-14(12)18)27(25,26)19-11-15-20-16(23(2)3)22-17(21-15)24-8-4-5-9-24/h6-7,10,19H,4-5,8-9,11H2,1-3H3. The summed E-state index contributed by atoms with van der Waals surface area (Å²) in [5.74, 6) is 1.45. The molecule has 1 aliphatic rings. The van der Waals surface area contributed by atoms with Gasteiger partial charge in [0.25, 0.3) is 0 Å². The second kappa shape index (κ2) is 7.95. The Morgan fingerprint density at radius 2 is 1.89 bits per heavy atom. The van der Waals surface area contributed by atoms with E-state index >= 15 is 0 Å². The lowest BCUT2D eigenvalue weighted by Gasteiger charge is -2.19. The number of nitrogens with zero attached hydrogens (tertiary/aromatic N) is 5. The number of anilines is 2. The molecule has 0 amide bonds. The van der Waals surface area contributed by atoms with Crippen molar-refractivity contribution in [2.24, 2.45) is 0 Å². The zero-order chi connectivity index (χ0) is 19.6. The summed E-state index contributed by atoms with van der Waals surface area (Å²) in [4.78, 5) is 17.3. The molecule has 1 N–H and O–H groups in total. The van der Waals surface area contributed by atoms with Crippen LogP contribution in [-0.4, -0.2) is 50.6 Å². The molecular weight excluding hydrogens is 388 g/mol. The number of nitrogens with one attached hydrogen (secondary N) is 1. The van der Waals surface area contributed by atoms with Crippen LogP contribution >= 0.6 is 11.6 Å². The van der Waals surface area contributed by atoms with Crippen LogP contribution in [0.5, 0.6) is 0 Å². The van der Waals surface area contributed by atoms with E-state index in [2.05, 4.69) is 24.6 Å². The first-order valence-corrected chi connectivity index (χ1v) is 10.6. The first-order valence-electron chi connectivity index (χ1n) is 8.69. The Hall–Kier alpha value is -1.97. The van der Waals surface area contributed by atoms with Crippen molar-refractivity contribution in [2.75, 3.05) is 37.0 Å². The first-order chi connectivity index (χ1) is 12.8. The highest BCUT2D eigenvalue weighted by atomic mass is 35.5. The summed E-state index contributed by atoms with van der Waals surface area (Å²) in [7, 11) is -0.0475. The van der Waals surface area contributed by atoms with Gasteiger partial charge < -0.3 is 9.80 Å². The summed E-state index contributed by atoms with van der Waals surface area (Å²) in [6.07, 6.45) is 2.19. The van der Waals surface area contributed by atoms with Crippen LogP contribution < -0.4 is 14.5 Å². The highest BCUT2D eigenvalue weighted by Gasteiger charge is 2.20. The number of hydrogen-bond acceptors (Lipinski definition) is 7. The fraction of sp³-hybridized carbons (Fsp3) is 0.471. The van der Waals surface area contributed by atoms with E-state index in [1.54, 1.807) is 11.0 Å². The Morgan fingerprint density at radius 1 is 1.19 bits per heavy atom. The van der Waals surface area contributed by atoms with Gasteiger partial charge in [-0.05, 0) is 37.5 Å². The average molecular weight is 411 g/mol. The third-order valence-corrected chi connectivity index (χ3v) is 6.13. The first kappa shape index (κ1) is 19.8. The minimum absolute atomic E-state index is 0.0297. The van der Waals surface area contributed by atoms with Gasteiger partial charge in [-0.3, -0.25) is 0 Å². The molecule has 1 fully saturated rings. The van der Waals surface area contributed by atoms with Crippen molar-refractivity contribution in [1.29, 1.82) is 0 Å². The van der Waals surface area contributed by atoms with Gasteiger partial charge in [-0.2, -0.15) is 15.0 Å². The highest BCUT2D eigenvalue weighted by Crippen LogP contribution is 2.21. The van der Waals surface area contributed by atoms with Crippen LogP contribution in [0, 0.1) is 6.92 Å². The van der Waals surface area contributed by atoms with Crippen molar-refractivity contribution in [3.63, 3.8) is 0 Å². The van der Waals surface area contributed by atoms with E-state index in [9.17, 15) is 8.42 Å². The molecule has 0 aliphatic carbocycles. The number of rotatable bonds is 6. The van der Waals surface area contributed by atoms with Crippen molar-refractivity contribution < 1.29 is 8.42 Å². The van der Waals surface area contributed by atoms with Crippen LogP contribution in [0.15, 0.2) is 23.1 Å². The van der Waals surface area contributed by atoms with Crippen LogP contribution in [0.4, 0.5) is 11.9 Å². The van der Waals surface area contributed by atoms with Crippen molar-refractivity contribution in [2.45, 2.75) is 31.2 Å². The molecular formula is C17H23ClN6O2S. The fourth-order valence-electron chi connectivity index (χ4n) is 2.72. The average Bonchev–Trinajstić information content (AvgIpc) is 3.17. The van der Waals surface area contributed by atoms with Crippen LogP contribution in [0.2, 0.25) is 5.02 Å². The third-order valence-electron chi connectivity index (χ3n) is 4.32. The molecule has 10 heteroatoms. The molecule has 2 heterocycles. The summed E-state index contributed by atoms with van der Waals surface area (Å²) in [6, 6.07) is 4.64. The molecule has 2 aromatic rings. The van der Waals surface area contributed by atoms with Gasteiger partial charge in [0.1, 0.15) is 0 Å². The van der Waals surface area contributed by atoms with Gasteiger partial charge >= 0.3 is 0 Å². The number of hydrogen-bond donors (Lipinski definition) is 1. The van der Waals surface area contributed by atoms with Gasteiger partial charge in [0.15, 0.2) is 5.82 Å². The Labute approximate surface area is 164 Å². The van der Waals surface area contributed by atoms with Crippen molar-refractivity contribution in [1.82, 2.24) is 19.7 Å². The summed E-state index contributed by atoms with van der Waals surface area (Å²) in [5, 5.41) is 0.407. The van der Waals surface area contributed by atoms with E-state index in [1.807, 2.05) is 21.0 Å². The van der Waals surface area contributed by atoms with Crippen LogP contribution in [0.1, 0.15) is 24.2 Å². The molecule has 27 heavy (non-hydrogen) atoms. The second-order valence-electron chi connectivity index (χ2n) is 6.68. The zero-order valence-corrected chi connectivity index (χ0v) is 17.2. The van der Waals surface area contributed by atoms with E-state index in [4.69, 9.17) is 11.6 Å². The largest absolute Gasteiger partial charge is 0.347 e. The Balaban J connectivity index is 1.82. The normalized spacial score (nSPS) is 14.6. The molecule has 8 nitrogen and oxygen atoms in total.